The fourth-order valence-corrected chi connectivity index (χ4v) is 4.12. The van der Waals surface area contributed by atoms with E-state index in [4.69, 9.17) is 9.72 Å². The summed E-state index contributed by atoms with van der Waals surface area (Å²) < 4.78 is 5.27. The number of hydrogen-bond acceptors (Lipinski definition) is 6. The molecule has 5 nitrogen and oxygen atoms in total. The van der Waals surface area contributed by atoms with E-state index in [0.717, 1.165) is 43.5 Å². The summed E-state index contributed by atoms with van der Waals surface area (Å²) in [5.74, 6) is 0. The van der Waals surface area contributed by atoms with Crippen LogP contribution in [0.1, 0.15) is 30.8 Å². The van der Waals surface area contributed by atoms with E-state index in [1.807, 2.05) is 7.05 Å². The van der Waals surface area contributed by atoms with Crippen LogP contribution in [0.3, 0.4) is 0 Å². The number of hydrogen-bond donors (Lipinski definition) is 1. The van der Waals surface area contributed by atoms with E-state index in [0.29, 0.717) is 12.6 Å². The summed E-state index contributed by atoms with van der Waals surface area (Å²) >= 11 is 1.80. The first-order valence-corrected chi connectivity index (χ1v) is 8.66. The van der Waals surface area contributed by atoms with Crippen LogP contribution in [-0.4, -0.2) is 56.3 Å². The smallest absolute Gasteiger partial charge is 0.185 e. The lowest BCUT2D eigenvalue weighted by Crippen LogP contribution is -2.37. The first kappa shape index (κ1) is 16.7. The Kier molecular flexibility index (Phi) is 6.41. The Morgan fingerprint density at radius 3 is 2.81 bits per heavy atom. The van der Waals surface area contributed by atoms with Gasteiger partial charge in [-0.05, 0) is 26.6 Å². The number of nitrogens with one attached hydrogen (secondary N) is 1. The molecule has 0 aromatic carbocycles. The van der Waals surface area contributed by atoms with Crippen LogP contribution in [0.4, 0.5) is 5.13 Å². The number of aromatic nitrogens is 1. The van der Waals surface area contributed by atoms with E-state index in [2.05, 4.69) is 29.0 Å². The standard InChI is InChI=1S/C15H28N4OS/c1-5-18(6-2)12-7-8-19(10-12)15-17-13(11-20-4)14(21-15)9-16-3/h12,16H,5-11H2,1-4H3. The predicted octanol–water partition coefficient (Wildman–Crippen LogP) is 1.93. The van der Waals surface area contributed by atoms with Crippen molar-refractivity contribution in [1.82, 2.24) is 15.2 Å². The van der Waals surface area contributed by atoms with Gasteiger partial charge in [0.1, 0.15) is 0 Å². The van der Waals surface area contributed by atoms with Gasteiger partial charge in [-0.15, -0.1) is 11.3 Å². The molecule has 2 rings (SSSR count). The van der Waals surface area contributed by atoms with Gasteiger partial charge in [-0.25, -0.2) is 4.98 Å². The quantitative estimate of drug-likeness (QED) is 0.794. The Hall–Kier alpha value is -0.690. The van der Waals surface area contributed by atoms with Gasteiger partial charge in [0.2, 0.25) is 0 Å². The highest BCUT2D eigenvalue weighted by molar-refractivity contribution is 7.15. The van der Waals surface area contributed by atoms with Crippen molar-refractivity contribution < 1.29 is 4.74 Å². The van der Waals surface area contributed by atoms with Crippen LogP contribution in [0, 0.1) is 0 Å². The van der Waals surface area contributed by atoms with Crippen LogP contribution < -0.4 is 10.2 Å². The Balaban J connectivity index is 2.07. The SMILES string of the molecule is CCN(CC)C1CCN(c2nc(COC)c(CNC)s2)C1. The number of rotatable bonds is 8. The van der Waals surface area contributed by atoms with Crippen LogP contribution in [0.2, 0.25) is 0 Å². The fraction of sp³-hybridized carbons (Fsp3) is 0.800. The van der Waals surface area contributed by atoms with Crippen molar-refractivity contribution in [1.29, 1.82) is 0 Å². The van der Waals surface area contributed by atoms with Gasteiger partial charge in [0, 0.05) is 37.7 Å². The number of thiazole rings is 1. The summed E-state index contributed by atoms with van der Waals surface area (Å²) in [5, 5.41) is 4.37. The van der Waals surface area contributed by atoms with Gasteiger partial charge in [-0.3, -0.25) is 4.90 Å². The average Bonchev–Trinajstić information content (AvgIpc) is 3.09. The number of likely N-dealkylation sites (N-methyl/N-ethyl adjacent to an activating group) is 1. The molecule has 2 heterocycles. The molecule has 1 aromatic heterocycles. The molecule has 1 aliphatic rings. The molecule has 0 saturated carbocycles. The second kappa shape index (κ2) is 8.08. The van der Waals surface area contributed by atoms with Gasteiger partial charge in [0.15, 0.2) is 5.13 Å². The summed E-state index contributed by atoms with van der Waals surface area (Å²) in [5.41, 5.74) is 1.08. The molecule has 6 heteroatoms. The monoisotopic (exact) mass is 312 g/mol. The normalized spacial score (nSPS) is 18.9. The van der Waals surface area contributed by atoms with E-state index in [9.17, 15) is 0 Å². The van der Waals surface area contributed by atoms with Crippen LogP contribution in [0.5, 0.6) is 0 Å². The van der Waals surface area contributed by atoms with Gasteiger partial charge >= 0.3 is 0 Å². The van der Waals surface area contributed by atoms with E-state index >= 15 is 0 Å². The second-order valence-corrected chi connectivity index (χ2v) is 6.50. The van der Waals surface area contributed by atoms with E-state index in [1.165, 1.54) is 11.3 Å². The number of methoxy groups -OCH3 is 1. The zero-order chi connectivity index (χ0) is 15.2. The molecule has 1 fully saturated rings. The highest BCUT2D eigenvalue weighted by atomic mass is 32.1. The van der Waals surface area contributed by atoms with Gasteiger partial charge in [-0.2, -0.15) is 0 Å². The van der Waals surface area contributed by atoms with E-state index < -0.39 is 0 Å². The largest absolute Gasteiger partial charge is 0.378 e. The summed E-state index contributed by atoms with van der Waals surface area (Å²) in [4.78, 5) is 11.1. The van der Waals surface area contributed by atoms with E-state index in [1.54, 1.807) is 18.4 Å². The van der Waals surface area contributed by atoms with Crippen molar-refractivity contribution >= 4 is 16.5 Å². The molecule has 1 aromatic rings. The molecule has 1 atom stereocenters. The minimum Gasteiger partial charge on any atom is -0.378 e. The van der Waals surface area contributed by atoms with Gasteiger partial charge in [0.05, 0.1) is 12.3 Å². The zero-order valence-electron chi connectivity index (χ0n) is 13.7. The van der Waals surface area contributed by atoms with Gasteiger partial charge in [0.25, 0.3) is 0 Å². The van der Waals surface area contributed by atoms with Crippen LogP contribution in [0.15, 0.2) is 0 Å². The Bertz CT molecular complexity index is 410. The number of ether oxygens (including phenoxy) is 1. The lowest BCUT2D eigenvalue weighted by molar-refractivity contribution is 0.181. The second-order valence-electron chi connectivity index (χ2n) is 5.44. The minimum absolute atomic E-state index is 0.598. The molecule has 1 saturated heterocycles. The maximum Gasteiger partial charge on any atom is 0.185 e. The minimum atomic E-state index is 0.598. The summed E-state index contributed by atoms with van der Waals surface area (Å²) in [6.45, 7) is 10.4. The zero-order valence-corrected chi connectivity index (χ0v) is 14.5. The molecule has 21 heavy (non-hydrogen) atoms. The highest BCUT2D eigenvalue weighted by Gasteiger charge is 2.28. The van der Waals surface area contributed by atoms with Crippen molar-refractivity contribution in [2.45, 2.75) is 39.5 Å². The summed E-state index contributed by atoms with van der Waals surface area (Å²) in [6.07, 6.45) is 1.24. The van der Waals surface area contributed by atoms with E-state index in [-0.39, 0.29) is 0 Å². The molecule has 120 valence electrons. The summed E-state index contributed by atoms with van der Waals surface area (Å²) in [7, 11) is 3.71. The molecule has 0 aliphatic carbocycles. The Labute approximate surface area is 132 Å². The van der Waals surface area contributed by atoms with Crippen molar-refractivity contribution in [2.75, 3.05) is 45.2 Å². The lowest BCUT2D eigenvalue weighted by Gasteiger charge is -2.25. The van der Waals surface area contributed by atoms with Crippen molar-refractivity contribution in [3.63, 3.8) is 0 Å². The van der Waals surface area contributed by atoms with Crippen LogP contribution >= 0.6 is 11.3 Å². The number of anilines is 1. The fourth-order valence-electron chi connectivity index (χ4n) is 3.01. The molecule has 0 bridgehead atoms. The van der Waals surface area contributed by atoms with Crippen molar-refractivity contribution in [2.24, 2.45) is 0 Å². The van der Waals surface area contributed by atoms with Crippen molar-refractivity contribution in [3.05, 3.63) is 10.6 Å². The topological polar surface area (TPSA) is 40.6 Å². The Morgan fingerprint density at radius 1 is 1.43 bits per heavy atom. The van der Waals surface area contributed by atoms with Crippen LogP contribution in [-0.2, 0) is 17.9 Å². The molecule has 0 radical (unpaired) electrons. The van der Waals surface area contributed by atoms with Crippen molar-refractivity contribution in [3.8, 4) is 0 Å². The van der Waals surface area contributed by atoms with Gasteiger partial charge in [-0.1, -0.05) is 13.8 Å². The first-order chi connectivity index (χ1) is 10.2. The Morgan fingerprint density at radius 2 is 2.19 bits per heavy atom. The third-order valence-electron chi connectivity index (χ3n) is 4.15. The molecular weight excluding hydrogens is 284 g/mol. The molecule has 1 aliphatic heterocycles. The third-order valence-corrected chi connectivity index (χ3v) is 5.31. The average molecular weight is 312 g/mol. The number of nitrogens with zero attached hydrogens (tertiary/aromatic N) is 3. The first-order valence-electron chi connectivity index (χ1n) is 7.84. The molecule has 0 amide bonds. The summed E-state index contributed by atoms with van der Waals surface area (Å²) in [6, 6.07) is 0.669. The third kappa shape index (κ3) is 3.94. The predicted molar refractivity (Wildman–Crippen MR) is 89.1 cm³/mol. The molecule has 0 spiro atoms. The lowest BCUT2D eigenvalue weighted by atomic mass is 10.2. The maximum atomic E-state index is 5.27. The highest BCUT2D eigenvalue weighted by Crippen LogP contribution is 2.30. The van der Waals surface area contributed by atoms with Crippen LogP contribution in [0.25, 0.3) is 0 Å². The molecule has 1 N–H and O–H groups in total. The molecule has 1 unspecified atom stereocenters. The maximum absolute atomic E-state index is 5.27. The van der Waals surface area contributed by atoms with Gasteiger partial charge < -0.3 is 15.0 Å². The molecular formula is C15H28N4OS.